The van der Waals surface area contributed by atoms with E-state index in [1.54, 1.807) is 11.9 Å². The number of amides is 3. The molecule has 1 aromatic carbocycles. The van der Waals surface area contributed by atoms with E-state index in [1.165, 1.54) is 4.90 Å². The third kappa shape index (κ3) is 4.84. The van der Waals surface area contributed by atoms with Gasteiger partial charge in [0, 0.05) is 13.6 Å². The van der Waals surface area contributed by atoms with Gasteiger partial charge in [-0.2, -0.15) is 0 Å². The highest BCUT2D eigenvalue weighted by Gasteiger charge is 2.50. The molecule has 0 radical (unpaired) electrons. The van der Waals surface area contributed by atoms with Gasteiger partial charge in [-0.15, -0.1) is 0 Å². The molecule has 2 aliphatic rings. The van der Waals surface area contributed by atoms with Crippen molar-refractivity contribution < 1.29 is 19.4 Å². The Hall–Kier alpha value is -2.81. The zero-order chi connectivity index (χ0) is 21.8. The van der Waals surface area contributed by atoms with Crippen LogP contribution in [-0.2, 0) is 11.2 Å². The molecule has 2 fully saturated rings. The number of guanidine groups is 1. The van der Waals surface area contributed by atoms with Crippen molar-refractivity contribution in [3.63, 3.8) is 0 Å². The lowest BCUT2D eigenvalue weighted by molar-refractivity contribution is -0.127. The summed E-state index contributed by atoms with van der Waals surface area (Å²) in [5, 5.41) is 16.2. The summed E-state index contributed by atoms with van der Waals surface area (Å²) < 4.78 is 5.75. The normalized spacial score (nSPS) is 23.5. The average molecular weight is 418 g/mol. The van der Waals surface area contributed by atoms with Crippen LogP contribution >= 0.6 is 0 Å². The van der Waals surface area contributed by atoms with Gasteiger partial charge in [0.05, 0.1) is 6.54 Å². The SMILES string of the molecule is CCc1cccc(OCC(O)CN2C(=NCC(C)C)NC3C2C(=O)NC(=O)N3C)c1. The Balaban J connectivity index is 1.71. The third-order valence-corrected chi connectivity index (χ3v) is 5.18. The molecule has 3 amide bonds. The van der Waals surface area contributed by atoms with Crippen LogP contribution in [0.4, 0.5) is 4.79 Å². The van der Waals surface area contributed by atoms with Gasteiger partial charge in [-0.25, -0.2) is 4.79 Å². The van der Waals surface area contributed by atoms with Gasteiger partial charge in [-0.05, 0) is 30.0 Å². The Morgan fingerprint density at radius 2 is 2.07 bits per heavy atom. The first-order valence-corrected chi connectivity index (χ1v) is 10.3. The fourth-order valence-electron chi connectivity index (χ4n) is 3.52. The van der Waals surface area contributed by atoms with Crippen LogP contribution < -0.4 is 15.4 Å². The maximum atomic E-state index is 12.5. The van der Waals surface area contributed by atoms with Crippen molar-refractivity contribution in [3.8, 4) is 5.75 Å². The number of hydrogen-bond donors (Lipinski definition) is 3. The maximum absolute atomic E-state index is 12.5. The number of aliphatic imine (C=N–C) groups is 1. The van der Waals surface area contributed by atoms with Crippen molar-refractivity contribution in [2.45, 2.75) is 45.5 Å². The molecule has 3 unspecified atom stereocenters. The second-order valence-electron chi connectivity index (χ2n) is 8.12. The lowest BCUT2D eigenvalue weighted by atomic mass is 10.1. The lowest BCUT2D eigenvalue weighted by Gasteiger charge is -2.35. The van der Waals surface area contributed by atoms with Crippen LogP contribution in [0, 0.1) is 5.92 Å². The minimum Gasteiger partial charge on any atom is -0.491 e. The molecule has 0 aliphatic carbocycles. The number of nitrogens with zero attached hydrogens (tertiary/aromatic N) is 3. The number of aliphatic hydroxyl groups excluding tert-OH is 1. The fraction of sp³-hybridized carbons (Fsp3) is 0.571. The van der Waals surface area contributed by atoms with Gasteiger partial charge in [0.15, 0.2) is 12.0 Å². The Morgan fingerprint density at radius 3 is 2.77 bits per heavy atom. The molecule has 2 aliphatic heterocycles. The number of benzene rings is 1. The monoisotopic (exact) mass is 417 g/mol. The topological polar surface area (TPSA) is 106 Å². The quantitative estimate of drug-likeness (QED) is 0.577. The highest BCUT2D eigenvalue weighted by atomic mass is 16.5. The number of fused-ring (bicyclic) bond motifs is 1. The standard InChI is InChI=1S/C21H31N5O4/c1-5-14-7-6-8-16(9-14)30-12-15(27)11-26-17-18(23-20(26)22-10-13(2)3)25(4)21(29)24-19(17)28/h6-9,13,15,17-18,27H,5,10-12H2,1-4H3,(H,22,23)(H,24,28,29). The second kappa shape index (κ2) is 9.34. The van der Waals surface area contributed by atoms with E-state index < -0.39 is 30.2 Å². The summed E-state index contributed by atoms with van der Waals surface area (Å²) in [6.45, 7) is 6.95. The molecular weight excluding hydrogens is 386 g/mol. The van der Waals surface area contributed by atoms with Crippen LogP contribution in [0.15, 0.2) is 29.3 Å². The minimum atomic E-state index is -0.851. The first-order chi connectivity index (χ1) is 14.3. The molecule has 0 spiro atoms. The van der Waals surface area contributed by atoms with E-state index in [0.717, 1.165) is 12.0 Å². The van der Waals surface area contributed by atoms with Gasteiger partial charge in [0.25, 0.3) is 5.91 Å². The summed E-state index contributed by atoms with van der Waals surface area (Å²) in [5.74, 6) is 1.12. The van der Waals surface area contributed by atoms with Gasteiger partial charge < -0.3 is 25.0 Å². The number of β-amino-alcohol motifs (C(OH)–C–C–N with tert-alkyl or cyclic N) is 1. The predicted octanol–water partition coefficient (Wildman–Crippen LogP) is 0.782. The van der Waals surface area contributed by atoms with E-state index in [4.69, 9.17) is 4.74 Å². The van der Waals surface area contributed by atoms with E-state index in [1.807, 2.05) is 38.1 Å². The Kier molecular flexibility index (Phi) is 6.81. The second-order valence-corrected chi connectivity index (χ2v) is 8.12. The molecule has 9 nitrogen and oxygen atoms in total. The molecule has 1 aromatic rings. The third-order valence-electron chi connectivity index (χ3n) is 5.18. The number of nitrogens with one attached hydrogen (secondary N) is 2. The van der Waals surface area contributed by atoms with Crippen molar-refractivity contribution in [3.05, 3.63) is 29.8 Å². The average Bonchev–Trinajstić information content (AvgIpc) is 3.08. The first kappa shape index (κ1) is 21.9. The van der Waals surface area contributed by atoms with E-state index in [-0.39, 0.29) is 13.2 Å². The molecule has 2 heterocycles. The molecule has 0 saturated carbocycles. The van der Waals surface area contributed by atoms with Crippen molar-refractivity contribution in [1.82, 2.24) is 20.4 Å². The number of carbonyl (C=O) groups is 2. The summed E-state index contributed by atoms with van der Waals surface area (Å²) in [6.07, 6.45) is -0.485. The van der Waals surface area contributed by atoms with Crippen LogP contribution in [0.2, 0.25) is 0 Å². The smallest absolute Gasteiger partial charge is 0.325 e. The van der Waals surface area contributed by atoms with Crippen LogP contribution in [0.5, 0.6) is 5.75 Å². The van der Waals surface area contributed by atoms with Crippen molar-refractivity contribution >= 4 is 17.9 Å². The highest BCUT2D eigenvalue weighted by Crippen LogP contribution is 2.21. The summed E-state index contributed by atoms with van der Waals surface area (Å²) in [5.41, 5.74) is 1.16. The molecular formula is C21H31N5O4. The Labute approximate surface area is 177 Å². The van der Waals surface area contributed by atoms with Gasteiger partial charge in [-0.1, -0.05) is 32.9 Å². The molecule has 3 N–H and O–H groups in total. The van der Waals surface area contributed by atoms with E-state index in [0.29, 0.717) is 24.2 Å². The highest BCUT2D eigenvalue weighted by molar-refractivity contribution is 6.04. The number of likely N-dealkylation sites (N-methyl/N-ethyl adjacent to an activating group) is 1. The number of ether oxygens (including phenoxy) is 1. The fourth-order valence-corrected chi connectivity index (χ4v) is 3.52. The van der Waals surface area contributed by atoms with Crippen molar-refractivity contribution in [2.75, 3.05) is 26.7 Å². The molecule has 164 valence electrons. The van der Waals surface area contributed by atoms with E-state index >= 15 is 0 Å². The largest absolute Gasteiger partial charge is 0.491 e. The first-order valence-electron chi connectivity index (χ1n) is 10.3. The van der Waals surface area contributed by atoms with Crippen LogP contribution in [0.1, 0.15) is 26.3 Å². The van der Waals surface area contributed by atoms with Gasteiger partial charge in [0.1, 0.15) is 24.6 Å². The van der Waals surface area contributed by atoms with Gasteiger partial charge >= 0.3 is 6.03 Å². The molecule has 0 bridgehead atoms. The maximum Gasteiger partial charge on any atom is 0.325 e. The number of hydrogen-bond acceptors (Lipinski definition) is 5. The van der Waals surface area contributed by atoms with Crippen LogP contribution in [0.25, 0.3) is 0 Å². The van der Waals surface area contributed by atoms with Crippen LogP contribution in [-0.4, -0.2) is 77.9 Å². The summed E-state index contributed by atoms with van der Waals surface area (Å²) in [4.78, 5) is 32.3. The molecule has 3 rings (SSSR count). The van der Waals surface area contributed by atoms with Crippen molar-refractivity contribution in [1.29, 1.82) is 0 Å². The zero-order valence-corrected chi connectivity index (χ0v) is 18.0. The number of urea groups is 1. The number of imide groups is 1. The summed E-state index contributed by atoms with van der Waals surface area (Å²) >= 11 is 0. The van der Waals surface area contributed by atoms with E-state index in [9.17, 15) is 14.7 Å². The Morgan fingerprint density at radius 1 is 1.30 bits per heavy atom. The summed E-state index contributed by atoms with van der Waals surface area (Å²) in [6, 6.07) is 6.62. The molecule has 30 heavy (non-hydrogen) atoms. The zero-order valence-electron chi connectivity index (χ0n) is 18.0. The van der Waals surface area contributed by atoms with Gasteiger partial charge in [-0.3, -0.25) is 15.1 Å². The molecule has 0 aromatic heterocycles. The van der Waals surface area contributed by atoms with Crippen LogP contribution in [0.3, 0.4) is 0 Å². The number of rotatable bonds is 8. The molecule has 2 saturated heterocycles. The van der Waals surface area contributed by atoms with Gasteiger partial charge in [0.2, 0.25) is 0 Å². The number of aliphatic hydroxyl groups is 1. The molecule has 3 atom stereocenters. The predicted molar refractivity (Wildman–Crippen MR) is 113 cm³/mol. The van der Waals surface area contributed by atoms with Crippen molar-refractivity contribution in [2.24, 2.45) is 10.9 Å². The Bertz CT molecular complexity index is 812. The lowest BCUT2D eigenvalue weighted by Crippen LogP contribution is -2.65. The number of carbonyl (C=O) groups excluding carboxylic acids is 2. The number of aryl methyl sites for hydroxylation is 1. The molecule has 9 heteroatoms. The summed E-state index contributed by atoms with van der Waals surface area (Å²) in [7, 11) is 1.62. The van der Waals surface area contributed by atoms with E-state index in [2.05, 4.69) is 22.5 Å². The minimum absolute atomic E-state index is 0.0783.